The van der Waals surface area contributed by atoms with E-state index in [0.717, 1.165) is 11.3 Å². The quantitative estimate of drug-likeness (QED) is 0.486. The van der Waals surface area contributed by atoms with Gasteiger partial charge in [0.15, 0.2) is 5.71 Å². The minimum Gasteiger partial charge on any atom is -0.302 e. The molecule has 0 unspecified atom stereocenters. The zero-order valence-corrected chi connectivity index (χ0v) is 12.3. The molecule has 0 saturated heterocycles. The second-order valence-electron chi connectivity index (χ2n) is 4.97. The number of carbonyl (C=O) groups excluding carboxylic acids is 1. The van der Waals surface area contributed by atoms with E-state index in [-0.39, 0.29) is 11.7 Å². The fourth-order valence-electron chi connectivity index (χ4n) is 2.37. The van der Waals surface area contributed by atoms with E-state index >= 15 is 0 Å². The SMILES string of the molecule is C=CCN1C(=O)/C(=N/N=C\c2ccc(F)cc2)c2ccccc21. The Labute approximate surface area is 133 Å². The van der Waals surface area contributed by atoms with Crippen LogP contribution in [-0.4, -0.2) is 24.4 Å². The van der Waals surface area contributed by atoms with Crippen LogP contribution >= 0.6 is 0 Å². The van der Waals surface area contributed by atoms with E-state index in [0.29, 0.717) is 17.8 Å². The van der Waals surface area contributed by atoms with Crippen molar-refractivity contribution < 1.29 is 9.18 Å². The maximum atomic E-state index is 12.9. The van der Waals surface area contributed by atoms with Crippen molar-refractivity contribution in [2.24, 2.45) is 10.2 Å². The number of amides is 1. The van der Waals surface area contributed by atoms with Gasteiger partial charge in [-0.25, -0.2) is 4.39 Å². The van der Waals surface area contributed by atoms with Crippen LogP contribution in [0.1, 0.15) is 11.1 Å². The van der Waals surface area contributed by atoms with Crippen LogP contribution in [0.15, 0.2) is 71.4 Å². The Balaban J connectivity index is 1.91. The summed E-state index contributed by atoms with van der Waals surface area (Å²) >= 11 is 0. The predicted molar refractivity (Wildman–Crippen MR) is 89.5 cm³/mol. The van der Waals surface area contributed by atoms with Crippen LogP contribution in [0.5, 0.6) is 0 Å². The van der Waals surface area contributed by atoms with Crippen molar-refractivity contribution in [1.29, 1.82) is 0 Å². The molecule has 1 amide bonds. The molecular formula is C18H14FN3O. The van der Waals surface area contributed by atoms with Crippen LogP contribution in [-0.2, 0) is 4.79 Å². The van der Waals surface area contributed by atoms with Crippen molar-refractivity contribution in [3.05, 3.63) is 78.1 Å². The van der Waals surface area contributed by atoms with Crippen LogP contribution in [0.3, 0.4) is 0 Å². The van der Waals surface area contributed by atoms with Gasteiger partial charge in [0.05, 0.1) is 11.9 Å². The topological polar surface area (TPSA) is 45.0 Å². The number of carbonyl (C=O) groups is 1. The summed E-state index contributed by atoms with van der Waals surface area (Å²) in [4.78, 5) is 14.1. The standard InChI is InChI=1S/C18H14FN3O/c1-2-11-22-16-6-4-3-5-15(16)17(18(22)23)21-20-12-13-7-9-14(19)10-8-13/h2-10,12H,1,11H2/b20-12-,21-17+. The largest absolute Gasteiger partial charge is 0.302 e. The van der Waals surface area contributed by atoms with Crippen LogP contribution in [0.25, 0.3) is 0 Å². The maximum Gasteiger partial charge on any atom is 0.279 e. The van der Waals surface area contributed by atoms with Gasteiger partial charge in [-0.1, -0.05) is 36.4 Å². The fourth-order valence-corrected chi connectivity index (χ4v) is 2.37. The number of rotatable bonds is 4. The summed E-state index contributed by atoms with van der Waals surface area (Å²) in [6.07, 6.45) is 3.15. The number of anilines is 1. The molecule has 114 valence electrons. The molecule has 0 saturated carbocycles. The molecule has 4 nitrogen and oxygen atoms in total. The lowest BCUT2D eigenvalue weighted by molar-refractivity contribution is -0.112. The Hall–Kier alpha value is -3.08. The third kappa shape index (κ3) is 2.94. The zero-order chi connectivity index (χ0) is 16.2. The molecule has 3 rings (SSSR count). The van der Waals surface area contributed by atoms with Gasteiger partial charge in [0, 0.05) is 12.1 Å². The molecule has 0 N–H and O–H groups in total. The molecular weight excluding hydrogens is 293 g/mol. The number of nitrogens with zero attached hydrogens (tertiary/aromatic N) is 3. The van der Waals surface area contributed by atoms with Gasteiger partial charge in [-0.05, 0) is 23.8 Å². The molecule has 0 fully saturated rings. The van der Waals surface area contributed by atoms with Crippen molar-refractivity contribution >= 4 is 23.5 Å². The van der Waals surface area contributed by atoms with E-state index in [2.05, 4.69) is 16.8 Å². The first-order valence-electron chi connectivity index (χ1n) is 7.09. The van der Waals surface area contributed by atoms with Gasteiger partial charge >= 0.3 is 0 Å². The smallest absolute Gasteiger partial charge is 0.279 e. The Morgan fingerprint density at radius 3 is 2.61 bits per heavy atom. The summed E-state index contributed by atoms with van der Waals surface area (Å²) in [6.45, 7) is 4.08. The van der Waals surface area contributed by atoms with E-state index in [1.807, 2.05) is 24.3 Å². The lowest BCUT2D eigenvalue weighted by Gasteiger charge is -2.13. The van der Waals surface area contributed by atoms with Crippen molar-refractivity contribution in [1.82, 2.24) is 0 Å². The monoisotopic (exact) mass is 307 g/mol. The molecule has 0 aromatic heterocycles. The van der Waals surface area contributed by atoms with E-state index in [4.69, 9.17) is 0 Å². The summed E-state index contributed by atoms with van der Waals surface area (Å²) in [5, 5.41) is 8.03. The summed E-state index contributed by atoms with van der Waals surface area (Å²) in [6, 6.07) is 13.3. The Morgan fingerprint density at radius 1 is 1.13 bits per heavy atom. The van der Waals surface area contributed by atoms with E-state index in [9.17, 15) is 9.18 Å². The third-order valence-electron chi connectivity index (χ3n) is 3.44. The highest BCUT2D eigenvalue weighted by Gasteiger charge is 2.32. The van der Waals surface area contributed by atoms with E-state index < -0.39 is 0 Å². The summed E-state index contributed by atoms with van der Waals surface area (Å²) in [7, 11) is 0. The lowest BCUT2D eigenvalue weighted by atomic mass is 10.1. The Kier molecular flexibility index (Phi) is 4.10. The van der Waals surface area contributed by atoms with Gasteiger partial charge in [-0.2, -0.15) is 5.10 Å². The number of hydrogen-bond acceptors (Lipinski definition) is 3. The number of benzene rings is 2. The number of para-hydroxylation sites is 1. The highest BCUT2D eigenvalue weighted by atomic mass is 19.1. The van der Waals surface area contributed by atoms with Gasteiger partial charge in [0.2, 0.25) is 0 Å². The second kappa shape index (κ2) is 6.36. The van der Waals surface area contributed by atoms with E-state index in [1.165, 1.54) is 18.3 Å². The summed E-state index contributed by atoms with van der Waals surface area (Å²) in [5.74, 6) is -0.518. The van der Waals surface area contributed by atoms with Crippen LogP contribution in [0.2, 0.25) is 0 Å². The third-order valence-corrected chi connectivity index (χ3v) is 3.44. The van der Waals surface area contributed by atoms with Gasteiger partial charge in [-0.3, -0.25) is 4.79 Å². The molecule has 2 aromatic carbocycles. The first kappa shape index (κ1) is 14.8. The highest BCUT2D eigenvalue weighted by Crippen LogP contribution is 2.28. The zero-order valence-electron chi connectivity index (χ0n) is 12.3. The van der Waals surface area contributed by atoms with Gasteiger partial charge in [0.25, 0.3) is 5.91 Å². The first-order valence-corrected chi connectivity index (χ1v) is 7.09. The van der Waals surface area contributed by atoms with Gasteiger partial charge in [-0.15, -0.1) is 11.7 Å². The summed E-state index contributed by atoms with van der Waals surface area (Å²) < 4.78 is 12.9. The molecule has 1 aliphatic heterocycles. The first-order chi connectivity index (χ1) is 11.2. The van der Waals surface area contributed by atoms with E-state index in [1.54, 1.807) is 23.1 Å². The average Bonchev–Trinajstić information content (AvgIpc) is 2.83. The Bertz CT molecular complexity index is 809. The molecule has 0 bridgehead atoms. The van der Waals surface area contributed by atoms with Crippen molar-refractivity contribution in [2.45, 2.75) is 0 Å². The van der Waals surface area contributed by atoms with Crippen molar-refractivity contribution in [3.63, 3.8) is 0 Å². The van der Waals surface area contributed by atoms with Crippen molar-refractivity contribution in [2.75, 3.05) is 11.4 Å². The molecule has 1 heterocycles. The fraction of sp³-hybridized carbons (Fsp3) is 0.0556. The lowest BCUT2D eigenvalue weighted by Crippen LogP contribution is -2.30. The molecule has 5 heteroatoms. The molecule has 0 atom stereocenters. The van der Waals surface area contributed by atoms with Gasteiger partial charge < -0.3 is 4.90 Å². The average molecular weight is 307 g/mol. The molecule has 1 aliphatic rings. The van der Waals surface area contributed by atoms with Crippen LogP contribution in [0, 0.1) is 5.82 Å². The minimum atomic E-state index is -0.312. The molecule has 0 spiro atoms. The summed E-state index contributed by atoms with van der Waals surface area (Å²) in [5.41, 5.74) is 2.54. The maximum absolute atomic E-state index is 12.9. The normalized spacial score (nSPS) is 15.4. The minimum absolute atomic E-state index is 0.206. The highest BCUT2D eigenvalue weighted by molar-refractivity contribution is 6.54. The molecule has 23 heavy (non-hydrogen) atoms. The van der Waals surface area contributed by atoms with Crippen molar-refractivity contribution in [3.8, 4) is 0 Å². The van der Waals surface area contributed by atoms with Gasteiger partial charge in [0.1, 0.15) is 5.82 Å². The molecule has 2 aromatic rings. The predicted octanol–water partition coefficient (Wildman–Crippen LogP) is 3.18. The van der Waals surface area contributed by atoms with Crippen LogP contribution in [0.4, 0.5) is 10.1 Å². The number of hydrogen-bond donors (Lipinski definition) is 0. The van der Waals surface area contributed by atoms with Crippen LogP contribution < -0.4 is 4.90 Å². The second-order valence-corrected chi connectivity index (χ2v) is 4.97. The number of halogens is 1. The Morgan fingerprint density at radius 2 is 1.87 bits per heavy atom. The molecule has 0 aliphatic carbocycles. The molecule has 0 radical (unpaired) electrons. The number of fused-ring (bicyclic) bond motifs is 1.